The Morgan fingerprint density at radius 3 is 2.67 bits per heavy atom. The number of hydrogen-bond donors (Lipinski definition) is 1. The van der Waals surface area contributed by atoms with Crippen molar-refractivity contribution in [2.45, 2.75) is 35.6 Å². The molecule has 0 bridgehead atoms. The van der Waals surface area contributed by atoms with E-state index in [4.69, 9.17) is 16.3 Å². The molecule has 39 heavy (non-hydrogen) atoms. The lowest BCUT2D eigenvalue weighted by Gasteiger charge is -2.22. The molecule has 2 unspecified atom stereocenters. The van der Waals surface area contributed by atoms with Crippen molar-refractivity contribution in [2.75, 3.05) is 4.90 Å². The topological polar surface area (TPSA) is 92.6 Å². The number of hydrogen-bond acceptors (Lipinski definition) is 8. The molecular weight excluding hydrogens is 554 g/mol. The van der Waals surface area contributed by atoms with Gasteiger partial charge in [-0.2, -0.15) is 0 Å². The van der Waals surface area contributed by atoms with Gasteiger partial charge < -0.3 is 9.84 Å². The maximum atomic E-state index is 13.4. The molecule has 196 valence electrons. The number of thioether (sulfide) groups is 1. The van der Waals surface area contributed by atoms with Crippen LogP contribution in [0.3, 0.4) is 0 Å². The minimum Gasteiger partial charge on any atom is -0.507 e. The Balaban J connectivity index is 1.38. The van der Waals surface area contributed by atoms with Crippen LogP contribution < -0.4 is 9.64 Å². The van der Waals surface area contributed by atoms with Gasteiger partial charge in [0.1, 0.15) is 17.6 Å². The van der Waals surface area contributed by atoms with Crippen LogP contribution in [0.2, 0.25) is 5.02 Å². The Hall–Kier alpha value is -3.66. The molecule has 0 saturated carbocycles. The summed E-state index contributed by atoms with van der Waals surface area (Å²) >= 11 is 8.95. The number of Topliss-reactive ketones (excluding diaryl/α,β-unsaturated/α-hetero) is 1. The zero-order valence-corrected chi connectivity index (χ0v) is 23.1. The SMILES string of the molecule is CC1Cc2cc(/C(O)=C3\C(=O)C(=O)N(c4nnc(SCc5ccccc5Cl)s4)C3c3ccccc3)ccc2O1. The molecule has 2 aliphatic heterocycles. The zero-order valence-electron chi connectivity index (χ0n) is 20.7. The first kappa shape index (κ1) is 25.6. The van der Waals surface area contributed by atoms with E-state index < -0.39 is 17.7 Å². The van der Waals surface area contributed by atoms with Crippen molar-refractivity contribution in [3.8, 4) is 5.75 Å². The minimum atomic E-state index is -0.857. The Labute approximate surface area is 238 Å². The van der Waals surface area contributed by atoms with Gasteiger partial charge in [-0.15, -0.1) is 10.2 Å². The predicted octanol–water partition coefficient (Wildman–Crippen LogP) is 6.43. The third kappa shape index (κ3) is 4.82. The van der Waals surface area contributed by atoms with Gasteiger partial charge in [-0.25, -0.2) is 0 Å². The molecule has 2 aliphatic rings. The van der Waals surface area contributed by atoms with Crippen LogP contribution in [0.1, 0.15) is 35.2 Å². The number of halogens is 1. The van der Waals surface area contributed by atoms with Crippen molar-refractivity contribution >= 4 is 57.3 Å². The molecule has 2 atom stereocenters. The lowest BCUT2D eigenvalue weighted by Crippen LogP contribution is -2.29. The van der Waals surface area contributed by atoms with E-state index in [1.165, 1.54) is 28.0 Å². The fraction of sp³-hybridized carbons (Fsp3) is 0.172. The Morgan fingerprint density at radius 1 is 1.10 bits per heavy atom. The van der Waals surface area contributed by atoms with E-state index in [2.05, 4.69) is 10.2 Å². The number of aromatic nitrogens is 2. The van der Waals surface area contributed by atoms with Crippen LogP contribution in [0.4, 0.5) is 5.13 Å². The number of fused-ring (bicyclic) bond motifs is 1. The zero-order chi connectivity index (χ0) is 27.1. The van der Waals surface area contributed by atoms with E-state index >= 15 is 0 Å². The minimum absolute atomic E-state index is 0.0126. The van der Waals surface area contributed by atoms with Gasteiger partial charge >= 0.3 is 5.91 Å². The predicted molar refractivity (Wildman–Crippen MR) is 152 cm³/mol. The highest BCUT2D eigenvalue weighted by Crippen LogP contribution is 2.44. The normalized spacial score (nSPS) is 19.8. The summed E-state index contributed by atoms with van der Waals surface area (Å²) in [7, 11) is 0. The molecule has 10 heteroatoms. The van der Waals surface area contributed by atoms with Crippen LogP contribution in [0.15, 0.2) is 82.7 Å². The van der Waals surface area contributed by atoms with Gasteiger partial charge in [0.05, 0.1) is 11.6 Å². The van der Waals surface area contributed by atoms with E-state index in [-0.39, 0.29) is 22.6 Å². The summed E-state index contributed by atoms with van der Waals surface area (Å²) in [5, 5.41) is 20.9. The van der Waals surface area contributed by atoms with Gasteiger partial charge in [0.15, 0.2) is 4.34 Å². The fourth-order valence-electron chi connectivity index (χ4n) is 4.82. The number of nitrogens with zero attached hydrogens (tertiary/aromatic N) is 3. The van der Waals surface area contributed by atoms with Crippen molar-refractivity contribution < 1.29 is 19.4 Å². The molecule has 3 heterocycles. The summed E-state index contributed by atoms with van der Waals surface area (Å²) < 4.78 is 6.41. The quantitative estimate of drug-likeness (QED) is 0.0930. The number of anilines is 1. The summed E-state index contributed by atoms with van der Waals surface area (Å²) in [6.45, 7) is 1.98. The van der Waals surface area contributed by atoms with Gasteiger partial charge in [-0.3, -0.25) is 14.5 Å². The molecule has 1 amide bonds. The first-order valence-electron chi connectivity index (χ1n) is 12.3. The molecule has 1 aromatic heterocycles. The first-order chi connectivity index (χ1) is 18.9. The number of aliphatic hydroxyl groups excluding tert-OH is 1. The largest absolute Gasteiger partial charge is 0.507 e. The van der Waals surface area contributed by atoms with E-state index in [9.17, 15) is 14.7 Å². The molecular formula is C29H22ClN3O4S2. The molecule has 6 rings (SSSR count). The first-order valence-corrected chi connectivity index (χ1v) is 14.4. The third-order valence-electron chi connectivity index (χ3n) is 6.64. The van der Waals surface area contributed by atoms with Crippen molar-refractivity contribution in [3.63, 3.8) is 0 Å². The van der Waals surface area contributed by atoms with E-state index in [1.54, 1.807) is 12.1 Å². The molecule has 4 aromatic rings. The summed E-state index contributed by atoms with van der Waals surface area (Å²) in [5.41, 5.74) is 3.05. The van der Waals surface area contributed by atoms with Crippen LogP contribution in [-0.4, -0.2) is 33.1 Å². The molecule has 0 radical (unpaired) electrons. The summed E-state index contributed by atoms with van der Waals surface area (Å²) in [4.78, 5) is 28.2. The van der Waals surface area contributed by atoms with Crippen LogP contribution in [-0.2, 0) is 21.8 Å². The number of aliphatic hydroxyl groups is 1. The van der Waals surface area contributed by atoms with Crippen molar-refractivity contribution in [3.05, 3.63) is 106 Å². The summed E-state index contributed by atoms with van der Waals surface area (Å²) in [6, 6.07) is 21.2. The standard InChI is InChI=1S/C29H22ClN3O4S2/c1-16-13-20-14-18(11-12-22(20)37-16)25(34)23-24(17-7-3-2-4-8-17)33(27(36)26(23)35)28-31-32-29(39-28)38-15-19-9-5-6-10-21(19)30/h2-12,14,16,24,34H,13,15H2,1H3/b25-23+. The highest BCUT2D eigenvalue weighted by Gasteiger charge is 2.48. The van der Waals surface area contributed by atoms with Crippen LogP contribution in [0.25, 0.3) is 5.76 Å². The van der Waals surface area contributed by atoms with E-state index in [0.717, 1.165) is 16.9 Å². The maximum absolute atomic E-state index is 13.4. The lowest BCUT2D eigenvalue weighted by atomic mass is 9.94. The van der Waals surface area contributed by atoms with E-state index in [1.807, 2.05) is 67.6 Å². The summed E-state index contributed by atoms with van der Waals surface area (Å²) in [6.07, 6.45) is 0.737. The molecule has 0 spiro atoms. The maximum Gasteiger partial charge on any atom is 0.301 e. The van der Waals surface area contributed by atoms with Crippen molar-refractivity contribution in [1.82, 2.24) is 10.2 Å². The Morgan fingerprint density at radius 2 is 1.87 bits per heavy atom. The molecule has 3 aromatic carbocycles. The number of amides is 1. The van der Waals surface area contributed by atoms with Crippen LogP contribution in [0.5, 0.6) is 5.75 Å². The molecule has 7 nitrogen and oxygen atoms in total. The second-order valence-corrected chi connectivity index (χ2v) is 11.9. The number of ether oxygens (including phenoxy) is 1. The molecule has 0 aliphatic carbocycles. The van der Waals surface area contributed by atoms with Crippen LogP contribution >= 0.6 is 34.7 Å². The van der Waals surface area contributed by atoms with Gasteiger partial charge in [0.25, 0.3) is 5.78 Å². The number of carbonyl (C=O) groups is 2. The molecule has 1 N–H and O–H groups in total. The van der Waals surface area contributed by atoms with Crippen molar-refractivity contribution in [1.29, 1.82) is 0 Å². The third-order valence-corrected chi connectivity index (χ3v) is 9.11. The van der Waals surface area contributed by atoms with E-state index in [0.29, 0.717) is 32.7 Å². The summed E-state index contributed by atoms with van der Waals surface area (Å²) in [5.74, 6) is -0.426. The monoisotopic (exact) mass is 575 g/mol. The average molecular weight is 576 g/mol. The Bertz CT molecular complexity index is 1620. The lowest BCUT2D eigenvalue weighted by molar-refractivity contribution is -0.132. The molecule has 1 fully saturated rings. The number of benzene rings is 3. The Kier molecular flexibility index (Phi) is 6.88. The van der Waals surface area contributed by atoms with Gasteiger partial charge in [-0.05, 0) is 47.9 Å². The average Bonchev–Trinajstić information content (AvgIpc) is 3.63. The highest BCUT2D eigenvalue weighted by atomic mass is 35.5. The van der Waals surface area contributed by atoms with Gasteiger partial charge in [0.2, 0.25) is 5.13 Å². The number of rotatable bonds is 6. The highest BCUT2D eigenvalue weighted by molar-refractivity contribution is 8.00. The second kappa shape index (κ2) is 10.5. The smallest absolute Gasteiger partial charge is 0.301 e. The molecule has 1 saturated heterocycles. The fourth-order valence-corrected chi connectivity index (χ4v) is 6.97. The van der Waals surface area contributed by atoms with Crippen LogP contribution in [0, 0.1) is 0 Å². The van der Waals surface area contributed by atoms with Gasteiger partial charge in [0, 0.05) is 22.8 Å². The number of ketones is 1. The van der Waals surface area contributed by atoms with Crippen molar-refractivity contribution in [2.24, 2.45) is 0 Å². The second-order valence-electron chi connectivity index (χ2n) is 9.27. The number of carbonyl (C=O) groups excluding carboxylic acids is 2. The van der Waals surface area contributed by atoms with Gasteiger partial charge in [-0.1, -0.05) is 83.2 Å².